The second-order valence-electron chi connectivity index (χ2n) is 6.50. The van der Waals surface area contributed by atoms with Crippen LogP contribution in [0.25, 0.3) is 0 Å². The largest absolute Gasteiger partial charge is 0.369 e. The molecule has 2 aromatic carbocycles. The number of nitrogens with zero attached hydrogens (tertiary/aromatic N) is 2. The van der Waals surface area contributed by atoms with Gasteiger partial charge in [0, 0.05) is 43.6 Å². The van der Waals surface area contributed by atoms with Crippen molar-refractivity contribution in [3.63, 3.8) is 0 Å². The first-order valence-electron chi connectivity index (χ1n) is 8.82. The predicted octanol–water partition coefficient (Wildman–Crippen LogP) is 3.67. The summed E-state index contributed by atoms with van der Waals surface area (Å²) < 4.78 is 26.8. The van der Waals surface area contributed by atoms with Crippen LogP contribution in [0.4, 0.5) is 20.2 Å². The summed E-state index contributed by atoms with van der Waals surface area (Å²) in [5.41, 5.74) is 2.46. The Bertz CT molecular complexity index is 802. The average molecular weight is 359 g/mol. The third-order valence-electron chi connectivity index (χ3n) is 4.82. The van der Waals surface area contributed by atoms with E-state index in [0.717, 1.165) is 56.1 Å². The minimum absolute atomic E-state index is 0.175. The van der Waals surface area contributed by atoms with E-state index in [0.29, 0.717) is 11.8 Å². The molecule has 1 saturated heterocycles. The maximum atomic E-state index is 13.8. The zero-order valence-corrected chi connectivity index (χ0v) is 15.1. The SMILES string of the molecule is CCN1CCN(c2ccc(NC(=O)c3ccc(F)cc3F)c(C)c2)CC1. The molecule has 1 fully saturated rings. The van der Waals surface area contributed by atoms with Crippen molar-refractivity contribution in [3.8, 4) is 0 Å². The lowest BCUT2D eigenvalue weighted by atomic mass is 10.1. The van der Waals surface area contributed by atoms with Crippen LogP contribution < -0.4 is 10.2 Å². The molecule has 1 N–H and O–H groups in total. The number of aryl methyl sites for hydroxylation is 1. The smallest absolute Gasteiger partial charge is 0.258 e. The van der Waals surface area contributed by atoms with Gasteiger partial charge in [0.15, 0.2) is 0 Å². The molecule has 1 amide bonds. The van der Waals surface area contributed by atoms with Gasteiger partial charge in [-0.2, -0.15) is 0 Å². The fraction of sp³-hybridized carbons (Fsp3) is 0.350. The number of carbonyl (C=O) groups excluding carboxylic acids is 1. The Hall–Kier alpha value is -2.47. The van der Waals surface area contributed by atoms with Crippen LogP contribution in [-0.4, -0.2) is 43.5 Å². The quantitative estimate of drug-likeness (QED) is 0.905. The van der Waals surface area contributed by atoms with Crippen molar-refractivity contribution in [2.24, 2.45) is 0 Å². The number of hydrogen-bond donors (Lipinski definition) is 1. The molecule has 0 aliphatic carbocycles. The molecule has 6 heteroatoms. The lowest BCUT2D eigenvalue weighted by molar-refractivity contribution is 0.102. The lowest BCUT2D eigenvalue weighted by Crippen LogP contribution is -2.46. The molecule has 1 heterocycles. The average Bonchev–Trinajstić information content (AvgIpc) is 2.63. The standard InChI is InChI=1S/C20H23F2N3O/c1-3-24-8-10-25(11-9-24)16-5-7-19(14(2)12-16)23-20(26)17-6-4-15(21)13-18(17)22/h4-7,12-13H,3,8-11H2,1-2H3,(H,23,26). The van der Waals surface area contributed by atoms with Crippen molar-refractivity contribution in [2.45, 2.75) is 13.8 Å². The normalized spacial score (nSPS) is 15.2. The molecule has 2 aromatic rings. The monoisotopic (exact) mass is 359 g/mol. The summed E-state index contributed by atoms with van der Waals surface area (Å²) >= 11 is 0. The number of hydrogen-bond acceptors (Lipinski definition) is 3. The first kappa shape index (κ1) is 18.3. The number of halogens is 2. The van der Waals surface area contributed by atoms with Gasteiger partial charge < -0.3 is 15.1 Å². The van der Waals surface area contributed by atoms with Crippen LogP contribution in [0.15, 0.2) is 36.4 Å². The molecule has 0 spiro atoms. The zero-order chi connectivity index (χ0) is 18.7. The van der Waals surface area contributed by atoms with Crippen LogP contribution in [-0.2, 0) is 0 Å². The van der Waals surface area contributed by atoms with Gasteiger partial charge in [-0.25, -0.2) is 8.78 Å². The van der Waals surface area contributed by atoms with Gasteiger partial charge in [0.2, 0.25) is 0 Å². The van der Waals surface area contributed by atoms with Gasteiger partial charge in [-0.05, 0) is 49.4 Å². The number of amides is 1. The number of piperazine rings is 1. The molecule has 0 unspecified atom stereocenters. The van der Waals surface area contributed by atoms with Gasteiger partial charge in [0.25, 0.3) is 5.91 Å². The summed E-state index contributed by atoms with van der Waals surface area (Å²) in [6.45, 7) is 9.16. The van der Waals surface area contributed by atoms with Crippen molar-refractivity contribution in [2.75, 3.05) is 42.9 Å². The van der Waals surface area contributed by atoms with Crippen LogP contribution in [0, 0.1) is 18.6 Å². The van der Waals surface area contributed by atoms with Gasteiger partial charge in [-0.3, -0.25) is 4.79 Å². The molecule has 26 heavy (non-hydrogen) atoms. The Balaban J connectivity index is 1.71. The maximum absolute atomic E-state index is 13.8. The second kappa shape index (κ2) is 7.83. The molecule has 1 aliphatic rings. The Morgan fingerprint density at radius 1 is 1.08 bits per heavy atom. The molecule has 0 bridgehead atoms. The van der Waals surface area contributed by atoms with E-state index >= 15 is 0 Å². The van der Waals surface area contributed by atoms with Gasteiger partial charge in [0.05, 0.1) is 5.56 Å². The fourth-order valence-corrected chi connectivity index (χ4v) is 3.17. The summed E-state index contributed by atoms with van der Waals surface area (Å²) in [7, 11) is 0. The summed E-state index contributed by atoms with van der Waals surface area (Å²) in [5.74, 6) is -2.16. The second-order valence-corrected chi connectivity index (χ2v) is 6.50. The number of likely N-dealkylation sites (N-methyl/N-ethyl adjacent to an activating group) is 1. The third-order valence-corrected chi connectivity index (χ3v) is 4.82. The fourth-order valence-electron chi connectivity index (χ4n) is 3.17. The molecule has 0 atom stereocenters. The minimum Gasteiger partial charge on any atom is -0.369 e. The molecule has 0 aromatic heterocycles. The topological polar surface area (TPSA) is 35.6 Å². The lowest BCUT2D eigenvalue weighted by Gasteiger charge is -2.35. The molecular formula is C20H23F2N3O. The van der Waals surface area contributed by atoms with E-state index in [9.17, 15) is 13.6 Å². The summed E-state index contributed by atoms with van der Waals surface area (Å²) in [5, 5.41) is 2.70. The van der Waals surface area contributed by atoms with E-state index in [-0.39, 0.29) is 5.56 Å². The number of carbonyl (C=O) groups is 1. The number of nitrogens with one attached hydrogen (secondary N) is 1. The van der Waals surface area contributed by atoms with E-state index in [1.165, 1.54) is 0 Å². The zero-order valence-electron chi connectivity index (χ0n) is 15.1. The molecule has 3 rings (SSSR count). The van der Waals surface area contributed by atoms with Crippen molar-refractivity contribution in [3.05, 3.63) is 59.2 Å². The van der Waals surface area contributed by atoms with E-state index in [1.807, 2.05) is 25.1 Å². The van der Waals surface area contributed by atoms with Gasteiger partial charge in [-0.1, -0.05) is 6.92 Å². The van der Waals surface area contributed by atoms with Crippen molar-refractivity contribution < 1.29 is 13.6 Å². The van der Waals surface area contributed by atoms with Crippen molar-refractivity contribution >= 4 is 17.3 Å². The van der Waals surface area contributed by atoms with Crippen molar-refractivity contribution in [1.82, 2.24) is 4.90 Å². The molecule has 1 aliphatic heterocycles. The van der Waals surface area contributed by atoms with E-state index in [1.54, 1.807) is 0 Å². The highest BCUT2D eigenvalue weighted by molar-refractivity contribution is 6.04. The van der Waals surface area contributed by atoms with E-state index in [2.05, 4.69) is 22.0 Å². The van der Waals surface area contributed by atoms with Crippen LogP contribution in [0.2, 0.25) is 0 Å². The number of benzene rings is 2. The van der Waals surface area contributed by atoms with Crippen LogP contribution in [0.5, 0.6) is 0 Å². The van der Waals surface area contributed by atoms with Crippen LogP contribution in [0.3, 0.4) is 0 Å². The summed E-state index contributed by atoms with van der Waals surface area (Å²) in [6, 6.07) is 8.75. The Morgan fingerprint density at radius 3 is 2.42 bits per heavy atom. The van der Waals surface area contributed by atoms with Gasteiger partial charge in [0.1, 0.15) is 11.6 Å². The molecule has 0 radical (unpaired) electrons. The van der Waals surface area contributed by atoms with Gasteiger partial charge >= 0.3 is 0 Å². The highest BCUT2D eigenvalue weighted by atomic mass is 19.1. The van der Waals surface area contributed by atoms with Crippen LogP contribution in [0.1, 0.15) is 22.8 Å². The Kier molecular flexibility index (Phi) is 5.52. The number of rotatable bonds is 4. The van der Waals surface area contributed by atoms with Crippen molar-refractivity contribution in [1.29, 1.82) is 0 Å². The van der Waals surface area contributed by atoms with Crippen LogP contribution >= 0.6 is 0 Å². The summed E-state index contributed by atoms with van der Waals surface area (Å²) in [4.78, 5) is 17.0. The molecule has 0 saturated carbocycles. The summed E-state index contributed by atoms with van der Waals surface area (Å²) in [6.07, 6.45) is 0. The van der Waals surface area contributed by atoms with Gasteiger partial charge in [-0.15, -0.1) is 0 Å². The molecule has 138 valence electrons. The number of anilines is 2. The minimum atomic E-state index is -0.870. The highest BCUT2D eigenvalue weighted by Gasteiger charge is 2.17. The maximum Gasteiger partial charge on any atom is 0.258 e. The molecular weight excluding hydrogens is 336 g/mol. The van der Waals surface area contributed by atoms with E-state index < -0.39 is 17.5 Å². The first-order valence-corrected chi connectivity index (χ1v) is 8.82. The predicted molar refractivity (Wildman–Crippen MR) is 99.8 cm³/mol. The highest BCUT2D eigenvalue weighted by Crippen LogP contribution is 2.24. The third kappa shape index (κ3) is 4.02. The Morgan fingerprint density at radius 2 is 1.81 bits per heavy atom. The Labute approximate surface area is 152 Å². The molecule has 4 nitrogen and oxygen atoms in total. The van der Waals surface area contributed by atoms with E-state index in [4.69, 9.17) is 0 Å². The first-order chi connectivity index (χ1) is 12.5.